The van der Waals surface area contributed by atoms with Crippen molar-refractivity contribution in [1.82, 2.24) is 14.7 Å². The number of aryl methyl sites for hydroxylation is 1. The van der Waals surface area contributed by atoms with Crippen molar-refractivity contribution in [3.05, 3.63) is 64.3 Å². The van der Waals surface area contributed by atoms with Crippen LogP contribution in [0.2, 0.25) is 0 Å². The first-order chi connectivity index (χ1) is 13.1. The third-order valence-corrected chi connectivity index (χ3v) is 5.32. The number of carbonyl (C=O) groups excluding carboxylic acids is 1. The molecule has 0 saturated carbocycles. The van der Waals surface area contributed by atoms with Gasteiger partial charge in [-0.3, -0.25) is 14.3 Å². The summed E-state index contributed by atoms with van der Waals surface area (Å²) in [5.41, 5.74) is 1.38. The van der Waals surface area contributed by atoms with E-state index in [9.17, 15) is 9.59 Å². The Balaban J connectivity index is 1.47. The standard InChI is InChI=1S/C21H23N3O3/c1-2-15-4-5-19-17(12-15)18(25)13-20(27-19)21(26)23-10-6-16(7-11-23)14-24-9-3-8-22-24/h3-5,8-9,12-13,16H,2,6-7,10-11,14H2,1H3. The van der Waals surface area contributed by atoms with Gasteiger partial charge in [-0.1, -0.05) is 13.0 Å². The smallest absolute Gasteiger partial charge is 0.289 e. The second-order valence-electron chi connectivity index (χ2n) is 7.12. The first-order valence-electron chi connectivity index (χ1n) is 9.47. The number of benzene rings is 1. The molecule has 1 aromatic carbocycles. The Morgan fingerprint density at radius 3 is 2.78 bits per heavy atom. The Bertz CT molecular complexity index is 999. The van der Waals surface area contributed by atoms with Gasteiger partial charge in [-0.2, -0.15) is 5.10 Å². The molecule has 0 spiro atoms. The van der Waals surface area contributed by atoms with Crippen molar-refractivity contribution in [3.8, 4) is 0 Å². The predicted molar refractivity (Wildman–Crippen MR) is 103 cm³/mol. The monoisotopic (exact) mass is 365 g/mol. The summed E-state index contributed by atoms with van der Waals surface area (Å²) in [5, 5.41) is 4.78. The van der Waals surface area contributed by atoms with Crippen molar-refractivity contribution in [1.29, 1.82) is 0 Å². The van der Waals surface area contributed by atoms with Crippen LogP contribution >= 0.6 is 0 Å². The molecule has 1 saturated heterocycles. The fourth-order valence-electron chi connectivity index (χ4n) is 3.68. The van der Waals surface area contributed by atoms with Crippen molar-refractivity contribution in [2.24, 2.45) is 5.92 Å². The van der Waals surface area contributed by atoms with E-state index in [0.717, 1.165) is 31.4 Å². The first-order valence-corrected chi connectivity index (χ1v) is 9.47. The van der Waals surface area contributed by atoms with Crippen molar-refractivity contribution in [2.75, 3.05) is 13.1 Å². The summed E-state index contributed by atoms with van der Waals surface area (Å²) >= 11 is 0. The molecule has 6 nitrogen and oxygen atoms in total. The van der Waals surface area contributed by atoms with Gasteiger partial charge in [0, 0.05) is 38.1 Å². The molecule has 0 radical (unpaired) electrons. The Kier molecular flexibility index (Phi) is 4.79. The highest BCUT2D eigenvalue weighted by molar-refractivity contribution is 5.93. The fraction of sp³-hybridized carbons (Fsp3) is 0.381. The Morgan fingerprint density at radius 1 is 1.26 bits per heavy atom. The molecule has 0 atom stereocenters. The van der Waals surface area contributed by atoms with E-state index in [2.05, 4.69) is 5.10 Å². The van der Waals surface area contributed by atoms with Crippen molar-refractivity contribution in [3.63, 3.8) is 0 Å². The molecule has 3 heterocycles. The van der Waals surface area contributed by atoms with E-state index >= 15 is 0 Å². The molecule has 4 rings (SSSR count). The molecule has 0 unspecified atom stereocenters. The van der Waals surface area contributed by atoms with E-state index in [-0.39, 0.29) is 17.1 Å². The lowest BCUT2D eigenvalue weighted by Gasteiger charge is -2.31. The zero-order valence-electron chi connectivity index (χ0n) is 15.4. The summed E-state index contributed by atoms with van der Waals surface area (Å²) in [6, 6.07) is 8.81. The molecule has 0 aliphatic carbocycles. The van der Waals surface area contributed by atoms with Crippen LogP contribution in [-0.2, 0) is 13.0 Å². The minimum absolute atomic E-state index is 0.127. The molecule has 6 heteroatoms. The van der Waals surface area contributed by atoms with Crippen LogP contribution in [0.4, 0.5) is 0 Å². The van der Waals surface area contributed by atoms with Crippen LogP contribution in [0.25, 0.3) is 11.0 Å². The van der Waals surface area contributed by atoms with Crippen LogP contribution in [-0.4, -0.2) is 33.7 Å². The molecule has 1 fully saturated rings. The zero-order valence-corrected chi connectivity index (χ0v) is 15.4. The number of fused-ring (bicyclic) bond motifs is 1. The number of amides is 1. The van der Waals surface area contributed by atoms with E-state index in [0.29, 0.717) is 30.0 Å². The van der Waals surface area contributed by atoms with Crippen LogP contribution in [0.3, 0.4) is 0 Å². The highest BCUT2D eigenvalue weighted by Gasteiger charge is 2.26. The summed E-state index contributed by atoms with van der Waals surface area (Å²) in [4.78, 5) is 27.0. The molecular formula is C21H23N3O3. The van der Waals surface area contributed by atoms with Crippen molar-refractivity contribution >= 4 is 16.9 Å². The van der Waals surface area contributed by atoms with Gasteiger partial charge < -0.3 is 9.32 Å². The van der Waals surface area contributed by atoms with E-state index < -0.39 is 0 Å². The normalized spacial score (nSPS) is 15.4. The Labute approximate surface area is 157 Å². The fourth-order valence-corrected chi connectivity index (χ4v) is 3.68. The van der Waals surface area contributed by atoms with Crippen LogP contribution in [0, 0.1) is 5.92 Å². The Hall–Kier alpha value is -2.89. The number of carbonyl (C=O) groups is 1. The molecule has 2 aromatic heterocycles. The van der Waals surface area contributed by atoms with Crippen molar-refractivity contribution < 1.29 is 9.21 Å². The molecule has 1 amide bonds. The number of hydrogen-bond donors (Lipinski definition) is 0. The molecule has 27 heavy (non-hydrogen) atoms. The van der Waals surface area contributed by atoms with E-state index in [4.69, 9.17) is 4.42 Å². The van der Waals surface area contributed by atoms with Crippen molar-refractivity contribution in [2.45, 2.75) is 32.7 Å². The number of piperidine rings is 1. The topological polar surface area (TPSA) is 68.3 Å². The van der Waals surface area contributed by atoms with Gasteiger partial charge in [0.05, 0.1) is 5.39 Å². The quantitative estimate of drug-likeness (QED) is 0.712. The van der Waals surface area contributed by atoms with Gasteiger partial charge >= 0.3 is 0 Å². The molecule has 3 aromatic rings. The molecule has 0 N–H and O–H groups in total. The number of likely N-dealkylation sites (tertiary alicyclic amines) is 1. The third-order valence-electron chi connectivity index (χ3n) is 5.32. The molecular weight excluding hydrogens is 342 g/mol. The van der Waals surface area contributed by atoms with E-state index in [1.807, 2.05) is 36.0 Å². The molecule has 140 valence electrons. The second-order valence-corrected chi connectivity index (χ2v) is 7.12. The van der Waals surface area contributed by atoms with Gasteiger partial charge in [-0.25, -0.2) is 0 Å². The lowest BCUT2D eigenvalue weighted by atomic mass is 9.96. The van der Waals surface area contributed by atoms with E-state index in [1.165, 1.54) is 6.07 Å². The highest BCUT2D eigenvalue weighted by atomic mass is 16.3. The summed E-state index contributed by atoms with van der Waals surface area (Å²) in [6.45, 7) is 4.25. The predicted octanol–water partition coefficient (Wildman–Crippen LogP) is 3.10. The van der Waals surface area contributed by atoms with Gasteiger partial charge in [0.2, 0.25) is 0 Å². The SMILES string of the molecule is CCc1ccc2oc(C(=O)N3CCC(Cn4cccn4)CC3)cc(=O)c2c1. The van der Waals surface area contributed by atoms with Gasteiger partial charge in [0.1, 0.15) is 5.58 Å². The van der Waals surface area contributed by atoms with Gasteiger partial charge in [0.15, 0.2) is 11.2 Å². The highest BCUT2D eigenvalue weighted by Crippen LogP contribution is 2.22. The zero-order chi connectivity index (χ0) is 18.8. The van der Waals surface area contributed by atoms with E-state index in [1.54, 1.807) is 17.2 Å². The van der Waals surface area contributed by atoms with Crippen LogP contribution in [0.15, 0.2) is 51.9 Å². The largest absolute Gasteiger partial charge is 0.451 e. The number of nitrogens with zero attached hydrogens (tertiary/aromatic N) is 3. The average molecular weight is 365 g/mol. The van der Waals surface area contributed by atoms with Crippen LogP contribution in [0.5, 0.6) is 0 Å². The summed E-state index contributed by atoms with van der Waals surface area (Å²) in [6.07, 6.45) is 6.44. The number of aromatic nitrogens is 2. The third kappa shape index (κ3) is 3.65. The molecule has 1 aliphatic heterocycles. The average Bonchev–Trinajstić information content (AvgIpc) is 3.21. The maximum absolute atomic E-state index is 12.8. The first kappa shape index (κ1) is 17.5. The summed E-state index contributed by atoms with van der Waals surface area (Å²) in [5.74, 6) is 0.429. The minimum atomic E-state index is -0.203. The number of hydrogen-bond acceptors (Lipinski definition) is 4. The minimum Gasteiger partial charge on any atom is -0.451 e. The van der Waals surface area contributed by atoms with Crippen LogP contribution in [0.1, 0.15) is 35.9 Å². The maximum atomic E-state index is 12.8. The molecule has 0 bridgehead atoms. The van der Waals surface area contributed by atoms with Crippen LogP contribution < -0.4 is 5.43 Å². The lowest BCUT2D eigenvalue weighted by molar-refractivity contribution is 0.0650. The van der Waals surface area contributed by atoms with Gasteiger partial charge in [0.25, 0.3) is 5.91 Å². The summed E-state index contributed by atoms with van der Waals surface area (Å²) < 4.78 is 7.70. The number of rotatable bonds is 4. The van der Waals surface area contributed by atoms with Gasteiger partial charge in [-0.05, 0) is 48.9 Å². The lowest BCUT2D eigenvalue weighted by Crippen LogP contribution is -2.39. The molecule has 1 aliphatic rings. The van der Waals surface area contributed by atoms with Gasteiger partial charge in [-0.15, -0.1) is 0 Å². The maximum Gasteiger partial charge on any atom is 0.289 e. The second kappa shape index (κ2) is 7.39. The summed E-state index contributed by atoms with van der Waals surface area (Å²) in [7, 11) is 0. The Morgan fingerprint density at radius 2 is 2.07 bits per heavy atom.